The van der Waals surface area contributed by atoms with Crippen molar-refractivity contribution in [3.8, 4) is 5.75 Å². The van der Waals surface area contributed by atoms with Gasteiger partial charge in [-0.05, 0) is 55.5 Å². The third kappa shape index (κ3) is 5.23. The fourth-order valence-electron chi connectivity index (χ4n) is 2.68. The minimum atomic E-state index is -0.869. The van der Waals surface area contributed by atoms with Gasteiger partial charge in [0.1, 0.15) is 5.75 Å². The normalized spacial score (nSPS) is 11.2. The Morgan fingerprint density at radius 1 is 0.800 bits per heavy atom. The summed E-state index contributed by atoms with van der Waals surface area (Å²) in [5, 5.41) is 5.50. The van der Waals surface area contributed by atoms with Gasteiger partial charge in [0.15, 0.2) is 6.10 Å². The number of anilines is 2. The lowest BCUT2D eigenvalue weighted by molar-refractivity contribution is -0.122. The molecule has 7 heteroatoms. The van der Waals surface area contributed by atoms with Crippen LogP contribution in [-0.4, -0.2) is 23.8 Å². The van der Waals surface area contributed by atoms with Gasteiger partial charge in [-0.15, -0.1) is 0 Å². The molecule has 0 saturated carbocycles. The van der Waals surface area contributed by atoms with Gasteiger partial charge in [0.2, 0.25) is 5.91 Å². The van der Waals surface area contributed by atoms with E-state index in [0.29, 0.717) is 22.5 Å². The van der Waals surface area contributed by atoms with E-state index in [9.17, 15) is 14.4 Å². The highest BCUT2D eigenvalue weighted by Gasteiger charge is 2.19. The van der Waals surface area contributed by atoms with Crippen LogP contribution in [0.15, 0.2) is 78.9 Å². The number of ether oxygens (including phenoxy) is 1. The highest BCUT2D eigenvalue weighted by Crippen LogP contribution is 2.21. The molecule has 3 amide bonds. The van der Waals surface area contributed by atoms with Gasteiger partial charge >= 0.3 is 0 Å². The molecule has 152 valence electrons. The average molecular weight is 403 g/mol. The quantitative estimate of drug-likeness (QED) is 0.561. The smallest absolute Gasteiger partial charge is 0.265 e. The summed E-state index contributed by atoms with van der Waals surface area (Å²) < 4.78 is 5.75. The Hall–Kier alpha value is -4.13. The highest BCUT2D eigenvalue weighted by molar-refractivity contribution is 6.06. The standard InChI is InChI=1S/C23H21N3O4/c1-15(22(28)25-18-13-11-16(12-14-18)21(24)27)30-20-10-6-5-9-19(20)23(29)26-17-7-3-2-4-8-17/h2-15H,1H3,(H2,24,27)(H,25,28)(H,26,29)/t15-/m1/s1. The van der Waals surface area contributed by atoms with E-state index in [2.05, 4.69) is 10.6 Å². The third-order valence-electron chi connectivity index (χ3n) is 4.27. The number of rotatable bonds is 7. The molecule has 0 saturated heterocycles. The van der Waals surface area contributed by atoms with Gasteiger partial charge in [0, 0.05) is 16.9 Å². The molecule has 3 aromatic carbocycles. The summed E-state index contributed by atoms with van der Waals surface area (Å²) in [4.78, 5) is 36.2. The topological polar surface area (TPSA) is 111 Å². The maximum Gasteiger partial charge on any atom is 0.265 e. The molecule has 0 aromatic heterocycles. The first-order valence-electron chi connectivity index (χ1n) is 9.27. The van der Waals surface area contributed by atoms with Gasteiger partial charge in [-0.3, -0.25) is 14.4 Å². The molecule has 0 aliphatic carbocycles. The van der Waals surface area contributed by atoms with E-state index in [1.54, 1.807) is 55.5 Å². The average Bonchev–Trinajstić information content (AvgIpc) is 2.75. The van der Waals surface area contributed by atoms with Crippen LogP contribution in [0.3, 0.4) is 0 Å². The second-order valence-corrected chi connectivity index (χ2v) is 6.51. The van der Waals surface area contributed by atoms with Gasteiger partial charge in [0.05, 0.1) is 5.56 Å². The minimum Gasteiger partial charge on any atom is -0.480 e. The van der Waals surface area contributed by atoms with Crippen molar-refractivity contribution in [3.63, 3.8) is 0 Å². The zero-order valence-electron chi connectivity index (χ0n) is 16.3. The van der Waals surface area contributed by atoms with Gasteiger partial charge < -0.3 is 21.1 Å². The SMILES string of the molecule is C[C@@H](Oc1ccccc1C(=O)Nc1ccccc1)C(=O)Nc1ccc(C(N)=O)cc1. The lowest BCUT2D eigenvalue weighted by Crippen LogP contribution is -2.30. The predicted octanol–water partition coefficient (Wildman–Crippen LogP) is 3.44. The molecule has 0 bridgehead atoms. The lowest BCUT2D eigenvalue weighted by Gasteiger charge is -2.17. The van der Waals surface area contributed by atoms with Crippen molar-refractivity contribution in [2.45, 2.75) is 13.0 Å². The Labute approximate surface area is 173 Å². The van der Waals surface area contributed by atoms with E-state index < -0.39 is 17.9 Å². The zero-order chi connectivity index (χ0) is 21.5. The van der Waals surface area contributed by atoms with Crippen LogP contribution < -0.4 is 21.1 Å². The van der Waals surface area contributed by atoms with Crippen LogP contribution in [0.5, 0.6) is 5.75 Å². The van der Waals surface area contributed by atoms with Crippen LogP contribution in [0.1, 0.15) is 27.6 Å². The Balaban J connectivity index is 1.67. The third-order valence-corrected chi connectivity index (χ3v) is 4.27. The molecule has 0 heterocycles. The molecule has 0 spiro atoms. The van der Waals surface area contributed by atoms with Gasteiger partial charge in [-0.1, -0.05) is 30.3 Å². The Morgan fingerprint density at radius 2 is 1.40 bits per heavy atom. The number of para-hydroxylation sites is 2. The number of hydrogen-bond acceptors (Lipinski definition) is 4. The van der Waals surface area contributed by atoms with Crippen LogP contribution in [0.25, 0.3) is 0 Å². The number of nitrogens with one attached hydrogen (secondary N) is 2. The van der Waals surface area contributed by atoms with Gasteiger partial charge in [-0.25, -0.2) is 0 Å². The second kappa shape index (κ2) is 9.38. The molecule has 7 nitrogen and oxygen atoms in total. The van der Waals surface area contributed by atoms with E-state index in [-0.39, 0.29) is 11.7 Å². The number of benzene rings is 3. The van der Waals surface area contributed by atoms with Gasteiger partial charge in [-0.2, -0.15) is 0 Å². The summed E-state index contributed by atoms with van der Waals surface area (Å²) in [6.45, 7) is 1.58. The van der Waals surface area contributed by atoms with E-state index in [1.807, 2.05) is 18.2 Å². The maximum absolute atomic E-state index is 12.6. The Bertz CT molecular complexity index is 1050. The van der Waals surface area contributed by atoms with Crippen molar-refractivity contribution in [1.29, 1.82) is 0 Å². The Morgan fingerprint density at radius 3 is 2.07 bits per heavy atom. The number of primary amides is 1. The molecule has 4 N–H and O–H groups in total. The fraction of sp³-hybridized carbons (Fsp3) is 0.0870. The van der Waals surface area contributed by atoms with Crippen molar-refractivity contribution in [2.75, 3.05) is 10.6 Å². The molecule has 0 radical (unpaired) electrons. The molecule has 0 unspecified atom stereocenters. The first-order valence-corrected chi connectivity index (χ1v) is 9.27. The van der Waals surface area contributed by atoms with Crippen molar-refractivity contribution in [3.05, 3.63) is 90.0 Å². The Kier molecular flexibility index (Phi) is 6.44. The van der Waals surface area contributed by atoms with E-state index >= 15 is 0 Å². The van der Waals surface area contributed by atoms with E-state index in [1.165, 1.54) is 12.1 Å². The number of carbonyl (C=O) groups excluding carboxylic acids is 3. The lowest BCUT2D eigenvalue weighted by atomic mass is 10.1. The van der Waals surface area contributed by atoms with Gasteiger partial charge in [0.25, 0.3) is 11.8 Å². The molecule has 30 heavy (non-hydrogen) atoms. The van der Waals surface area contributed by atoms with E-state index in [0.717, 1.165) is 0 Å². The first-order chi connectivity index (χ1) is 14.4. The van der Waals surface area contributed by atoms with Crippen LogP contribution in [0, 0.1) is 0 Å². The predicted molar refractivity (Wildman–Crippen MR) is 115 cm³/mol. The minimum absolute atomic E-state index is 0.289. The first kappa shape index (κ1) is 20.6. The highest BCUT2D eigenvalue weighted by atomic mass is 16.5. The van der Waals surface area contributed by atoms with Crippen molar-refractivity contribution in [2.24, 2.45) is 5.73 Å². The monoisotopic (exact) mass is 403 g/mol. The maximum atomic E-state index is 12.6. The van der Waals surface area contributed by atoms with Crippen LogP contribution in [0.2, 0.25) is 0 Å². The van der Waals surface area contributed by atoms with E-state index in [4.69, 9.17) is 10.5 Å². The van der Waals surface area contributed by atoms with Crippen LogP contribution in [0.4, 0.5) is 11.4 Å². The zero-order valence-corrected chi connectivity index (χ0v) is 16.3. The molecule has 0 fully saturated rings. The van der Waals surface area contributed by atoms with Crippen molar-refractivity contribution < 1.29 is 19.1 Å². The summed E-state index contributed by atoms with van der Waals surface area (Å²) in [5.41, 5.74) is 7.01. The summed E-state index contributed by atoms with van der Waals surface area (Å²) in [7, 11) is 0. The molecular weight excluding hydrogens is 382 g/mol. The number of amides is 3. The summed E-state index contributed by atoms with van der Waals surface area (Å²) >= 11 is 0. The molecule has 3 rings (SSSR count). The van der Waals surface area contributed by atoms with Crippen molar-refractivity contribution >= 4 is 29.1 Å². The molecular formula is C23H21N3O4. The summed E-state index contributed by atoms with van der Waals surface area (Å²) in [6.07, 6.45) is -0.869. The second-order valence-electron chi connectivity index (χ2n) is 6.51. The molecule has 0 aliphatic heterocycles. The number of carbonyl (C=O) groups is 3. The molecule has 3 aromatic rings. The molecule has 1 atom stereocenters. The number of nitrogens with two attached hydrogens (primary N) is 1. The molecule has 0 aliphatic rings. The number of hydrogen-bond donors (Lipinski definition) is 3. The van der Waals surface area contributed by atoms with Crippen molar-refractivity contribution in [1.82, 2.24) is 0 Å². The fourth-order valence-corrected chi connectivity index (χ4v) is 2.68. The van der Waals surface area contributed by atoms with Crippen LogP contribution >= 0.6 is 0 Å². The largest absolute Gasteiger partial charge is 0.480 e. The summed E-state index contributed by atoms with van der Waals surface area (Å²) in [5.74, 6) is -1.00. The van der Waals surface area contributed by atoms with Crippen LogP contribution in [-0.2, 0) is 4.79 Å². The summed E-state index contributed by atoms with van der Waals surface area (Å²) in [6, 6.07) is 21.9.